The van der Waals surface area contributed by atoms with E-state index in [2.05, 4.69) is 35.0 Å². The van der Waals surface area contributed by atoms with Gasteiger partial charge in [-0.2, -0.15) is 5.10 Å². The van der Waals surface area contributed by atoms with Gasteiger partial charge in [0.05, 0.1) is 28.0 Å². The summed E-state index contributed by atoms with van der Waals surface area (Å²) in [5.74, 6) is -2.55. The Morgan fingerprint density at radius 2 is 1.88 bits per heavy atom. The number of nitrogens with two attached hydrogens (primary N) is 1. The molecule has 4 N–H and O–H groups in total. The summed E-state index contributed by atoms with van der Waals surface area (Å²) >= 11 is 0. The Bertz CT molecular complexity index is 1970. The van der Waals surface area contributed by atoms with Crippen molar-refractivity contribution in [2.75, 3.05) is 29.7 Å². The average Bonchev–Trinajstić information content (AvgIpc) is 3.41. The lowest BCUT2D eigenvalue weighted by molar-refractivity contribution is 0.255. The normalized spacial score (nSPS) is 13.7. The number of nitrogens with zero attached hydrogens (tertiary/aromatic N) is 6. The van der Waals surface area contributed by atoms with E-state index >= 15 is 4.39 Å². The molecule has 11 nitrogen and oxygen atoms in total. The van der Waals surface area contributed by atoms with Crippen molar-refractivity contribution in [3.8, 4) is 5.82 Å². The topological polar surface area (TPSA) is 144 Å². The van der Waals surface area contributed by atoms with Gasteiger partial charge in [0, 0.05) is 31.7 Å². The van der Waals surface area contributed by atoms with Crippen LogP contribution in [0.1, 0.15) is 16.8 Å². The van der Waals surface area contributed by atoms with Gasteiger partial charge in [0.2, 0.25) is 0 Å². The standard InChI is InChI=1S/C28H26F3N9O2S/c1-16-18(29)3-2-4-23(16)43(41,42)38-20-6-5-19(30)26(25(20)31)37-28-27-21(33-15-34-28)7-8-24(36-27)40-22-14-39(12-10-32)11-9-17(22)13-35-40/h2-8,13,15,38H,9-12,14,32H2,1H3,(H,33,34,37). The number of pyridine rings is 1. The highest BCUT2D eigenvalue weighted by atomic mass is 32.2. The summed E-state index contributed by atoms with van der Waals surface area (Å²) in [7, 11) is -4.41. The molecule has 0 spiro atoms. The lowest BCUT2D eigenvalue weighted by Crippen LogP contribution is -2.35. The fourth-order valence-corrected chi connectivity index (χ4v) is 6.32. The van der Waals surface area contributed by atoms with Crippen LogP contribution >= 0.6 is 0 Å². The first-order valence-electron chi connectivity index (χ1n) is 13.3. The van der Waals surface area contributed by atoms with Crippen molar-refractivity contribution in [3.05, 3.63) is 89.3 Å². The summed E-state index contributed by atoms with van der Waals surface area (Å²) in [6.45, 7) is 4.07. The van der Waals surface area contributed by atoms with Crippen LogP contribution in [0.3, 0.4) is 0 Å². The predicted octanol–water partition coefficient (Wildman–Crippen LogP) is 3.80. The van der Waals surface area contributed by atoms with Gasteiger partial charge in [-0.15, -0.1) is 0 Å². The summed E-state index contributed by atoms with van der Waals surface area (Å²) in [6.07, 6.45) is 3.82. The molecule has 1 aliphatic rings. The van der Waals surface area contributed by atoms with E-state index in [1.807, 2.05) is 0 Å². The van der Waals surface area contributed by atoms with Gasteiger partial charge >= 0.3 is 0 Å². The molecule has 0 aliphatic carbocycles. The third kappa shape index (κ3) is 5.37. The zero-order valence-electron chi connectivity index (χ0n) is 22.9. The van der Waals surface area contributed by atoms with Crippen LogP contribution in [0.4, 0.5) is 30.4 Å². The molecule has 6 rings (SSSR count). The number of rotatable bonds is 8. The summed E-state index contributed by atoms with van der Waals surface area (Å²) in [6, 6.07) is 8.78. The Labute approximate surface area is 244 Å². The lowest BCUT2D eigenvalue weighted by Gasteiger charge is -2.26. The quantitative estimate of drug-likeness (QED) is 0.239. The molecule has 0 saturated carbocycles. The molecule has 0 bridgehead atoms. The van der Waals surface area contributed by atoms with Gasteiger partial charge in [0.15, 0.2) is 17.5 Å². The second kappa shape index (κ2) is 11.2. The molecule has 43 heavy (non-hydrogen) atoms. The highest BCUT2D eigenvalue weighted by molar-refractivity contribution is 7.92. The van der Waals surface area contributed by atoms with Gasteiger partial charge in [0.25, 0.3) is 10.0 Å². The van der Waals surface area contributed by atoms with Crippen molar-refractivity contribution in [1.82, 2.24) is 29.6 Å². The van der Waals surface area contributed by atoms with Crippen molar-refractivity contribution in [2.24, 2.45) is 5.73 Å². The highest BCUT2D eigenvalue weighted by Gasteiger charge is 2.25. The second-order valence-electron chi connectivity index (χ2n) is 9.98. The van der Waals surface area contributed by atoms with E-state index in [0.29, 0.717) is 24.4 Å². The summed E-state index contributed by atoms with van der Waals surface area (Å²) < 4.78 is 74.3. The van der Waals surface area contributed by atoms with Crippen LogP contribution in [0.15, 0.2) is 59.9 Å². The predicted molar refractivity (Wildman–Crippen MR) is 154 cm³/mol. The molecule has 0 fully saturated rings. The fourth-order valence-electron chi connectivity index (χ4n) is 5.01. The van der Waals surface area contributed by atoms with Crippen LogP contribution in [0.5, 0.6) is 0 Å². The molecule has 4 heterocycles. The minimum atomic E-state index is -4.41. The van der Waals surface area contributed by atoms with Crippen LogP contribution in [0.2, 0.25) is 0 Å². The number of hydrogen-bond donors (Lipinski definition) is 3. The van der Waals surface area contributed by atoms with Gasteiger partial charge in [-0.05, 0) is 55.3 Å². The Morgan fingerprint density at radius 3 is 2.70 bits per heavy atom. The van der Waals surface area contributed by atoms with Crippen molar-refractivity contribution in [1.29, 1.82) is 0 Å². The molecular weight excluding hydrogens is 583 g/mol. The first-order chi connectivity index (χ1) is 20.7. The maximum absolute atomic E-state index is 15.6. The number of nitrogens with one attached hydrogen (secondary N) is 2. The average molecular weight is 610 g/mol. The number of halogens is 3. The Kier molecular flexibility index (Phi) is 7.45. The minimum absolute atomic E-state index is 0.0172. The summed E-state index contributed by atoms with van der Waals surface area (Å²) in [4.78, 5) is 14.9. The molecule has 222 valence electrons. The zero-order valence-corrected chi connectivity index (χ0v) is 23.7. The lowest BCUT2D eigenvalue weighted by atomic mass is 10.1. The van der Waals surface area contributed by atoms with Crippen LogP contribution in [-0.4, -0.2) is 57.7 Å². The molecule has 5 aromatic rings. The number of anilines is 3. The third-order valence-electron chi connectivity index (χ3n) is 7.24. The highest BCUT2D eigenvalue weighted by Crippen LogP contribution is 2.32. The number of aromatic nitrogens is 5. The SMILES string of the molecule is Cc1c(F)cccc1S(=O)(=O)Nc1ccc(F)c(Nc2ncnc3ccc(-n4ncc5c4CN(CCN)CC5)nc23)c1F. The smallest absolute Gasteiger partial charge is 0.262 e. The zero-order chi connectivity index (χ0) is 30.3. The second-order valence-corrected chi connectivity index (χ2v) is 11.6. The van der Waals surface area contributed by atoms with E-state index < -0.39 is 38.8 Å². The number of fused-ring (bicyclic) bond motifs is 2. The minimum Gasteiger partial charge on any atom is -0.333 e. The molecule has 0 amide bonds. The van der Waals surface area contributed by atoms with E-state index in [9.17, 15) is 17.2 Å². The van der Waals surface area contributed by atoms with Crippen LogP contribution < -0.4 is 15.8 Å². The van der Waals surface area contributed by atoms with Crippen LogP contribution in [-0.2, 0) is 23.0 Å². The van der Waals surface area contributed by atoms with Crippen LogP contribution in [0.25, 0.3) is 16.9 Å². The molecule has 0 atom stereocenters. The molecule has 1 aliphatic heterocycles. The van der Waals surface area contributed by atoms with Crippen molar-refractivity contribution in [3.63, 3.8) is 0 Å². The van der Waals surface area contributed by atoms with E-state index in [1.165, 1.54) is 25.4 Å². The van der Waals surface area contributed by atoms with Gasteiger partial charge in [-0.1, -0.05) is 6.07 Å². The van der Waals surface area contributed by atoms with Gasteiger partial charge in [-0.3, -0.25) is 9.62 Å². The Hall–Kier alpha value is -4.60. The summed E-state index contributed by atoms with van der Waals surface area (Å²) in [5.41, 5.74) is 7.04. The molecule has 0 radical (unpaired) electrons. The van der Waals surface area contributed by atoms with E-state index in [4.69, 9.17) is 5.73 Å². The van der Waals surface area contributed by atoms with Crippen molar-refractivity contribution < 1.29 is 21.6 Å². The molecule has 2 aromatic carbocycles. The van der Waals surface area contributed by atoms with Gasteiger partial charge in [-0.25, -0.2) is 41.2 Å². The number of hydrogen-bond acceptors (Lipinski definition) is 9. The largest absolute Gasteiger partial charge is 0.333 e. The van der Waals surface area contributed by atoms with E-state index in [-0.39, 0.29) is 21.8 Å². The molecule has 3 aromatic heterocycles. The monoisotopic (exact) mass is 609 g/mol. The first-order valence-corrected chi connectivity index (χ1v) is 14.8. The molecule has 0 unspecified atom stereocenters. The van der Waals surface area contributed by atoms with Gasteiger partial charge < -0.3 is 11.1 Å². The molecule has 15 heteroatoms. The Morgan fingerprint density at radius 1 is 1.05 bits per heavy atom. The Balaban J connectivity index is 1.35. The maximum atomic E-state index is 15.6. The van der Waals surface area contributed by atoms with Crippen molar-refractivity contribution in [2.45, 2.75) is 24.8 Å². The first kappa shape index (κ1) is 28.5. The fraction of sp³-hybridized carbons (Fsp3) is 0.214. The molecule has 0 saturated heterocycles. The summed E-state index contributed by atoms with van der Waals surface area (Å²) in [5, 5.41) is 7.14. The molecular formula is C28H26F3N9O2S. The van der Waals surface area contributed by atoms with E-state index in [0.717, 1.165) is 49.0 Å². The van der Waals surface area contributed by atoms with Crippen molar-refractivity contribution >= 4 is 38.2 Å². The maximum Gasteiger partial charge on any atom is 0.262 e. The van der Waals surface area contributed by atoms with E-state index in [1.54, 1.807) is 23.0 Å². The van der Waals surface area contributed by atoms with Crippen LogP contribution in [0, 0.1) is 24.4 Å². The third-order valence-corrected chi connectivity index (χ3v) is 8.75. The number of benzene rings is 2. The number of sulfonamides is 1. The van der Waals surface area contributed by atoms with Gasteiger partial charge in [0.1, 0.15) is 29.2 Å².